The smallest absolute Gasteiger partial charge is 0.126 e. The maximum Gasteiger partial charge on any atom is 0.126 e. The largest absolute Gasteiger partial charge is 0.493 e. The van der Waals surface area contributed by atoms with Crippen LogP contribution in [0.5, 0.6) is 5.75 Å². The van der Waals surface area contributed by atoms with Gasteiger partial charge in [-0.25, -0.2) is 4.39 Å². The van der Waals surface area contributed by atoms with Gasteiger partial charge >= 0.3 is 0 Å². The van der Waals surface area contributed by atoms with Crippen LogP contribution in [-0.2, 0) is 0 Å². The first kappa shape index (κ1) is 16.0. The summed E-state index contributed by atoms with van der Waals surface area (Å²) in [6.07, 6.45) is 4.66. The molecule has 2 N–H and O–H groups in total. The van der Waals surface area contributed by atoms with Crippen molar-refractivity contribution in [1.29, 1.82) is 0 Å². The average Bonchev–Trinajstić information content (AvgIpc) is 2.38. The Balaban J connectivity index is 2.67. The second-order valence-electron chi connectivity index (χ2n) is 5.20. The number of hydrogen-bond acceptors (Lipinski definition) is 2. The number of halogens is 1. The number of benzene rings is 1. The molecule has 1 aromatic carbocycles. The van der Waals surface area contributed by atoms with Crippen molar-refractivity contribution in [3.05, 3.63) is 29.6 Å². The van der Waals surface area contributed by atoms with Crippen molar-refractivity contribution in [1.82, 2.24) is 0 Å². The van der Waals surface area contributed by atoms with E-state index in [1.807, 2.05) is 6.92 Å². The van der Waals surface area contributed by atoms with Gasteiger partial charge in [0.05, 0.1) is 6.61 Å². The van der Waals surface area contributed by atoms with E-state index in [9.17, 15) is 4.39 Å². The Kier molecular flexibility index (Phi) is 6.85. The highest BCUT2D eigenvalue weighted by molar-refractivity contribution is 5.36. The normalized spacial score (nSPS) is 14.2. The molecule has 108 valence electrons. The molecule has 0 aliphatic carbocycles. The van der Waals surface area contributed by atoms with Crippen LogP contribution in [0.25, 0.3) is 0 Å². The third-order valence-electron chi connectivity index (χ3n) is 3.48. The van der Waals surface area contributed by atoms with Crippen molar-refractivity contribution in [3.8, 4) is 5.75 Å². The lowest BCUT2D eigenvalue weighted by Crippen LogP contribution is -2.14. The summed E-state index contributed by atoms with van der Waals surface area (Å²) in [4.78, 5) is 0. The van der Waals surface area contributed by atoms with Gasteiger partial charge < -0.3 is 10.5 Å². The highest BCUT2D eigenvalue weighted by Crippen LogP contribution is 2.26. The topological polar surface area (TPSA) is 35.2 Å². The van der Waals surface area contributed by atoms with Gasteiger partial charge in [0.1, 0.15) is 11.6 Å². The van der Waals surface area contributed by atoms with E-state index >= 15 is 0 Å². The summed E-state index contributed by atoms with van der Waals surface area (Å²) in [5, 5.41) is 0. The van der Waals surface area contributed by atoms with Crippen molar-refractivity contribution in [2.75, 3.05) is 6.61 Å². The van der Waals surface area contributed by atoms with Crippen molar-refractivity contribution in [3.63, 3.8) is 0 Å². The molecule has 0 fully saturated rings. The maximum atomic E-state index is 13.3. The molecule has 1 aromatic rings. The molecule has 0 spiro atoms. The standard InChI is InChI=1S/C16H26FNO/c1-4-6-7-13(5-2)11-19-16-10-14(17)8-9-15(16)12(3)18/h8-10,12-13H,4-7,11,18H2,1-3H3/t12-,13?/m1/s1. The molecule has 2 nitrogen and oxygen atoms in total. The summed E-state index contributed by atoms with van der Waals surface area (Å²) >= 11 is 0. The van der Waals surface area contributed by atoms with Crippen LogP contribution in [0, 0.1) is 11.7 Å². The van der Waals surface area contributed by atoms with Gasteiger partial charge in [-0.15, -0.1) is 0 Å². The summed E-state index contributed by atoms with van der Waals surface area (Å²) in [5.74, 6) is 0.843. The van der Waals surface area contributed by atoms with Gasteiger partial charge in [0.25, 0.3) is 0 Å². The highest BCUT2D eigenvalue weighted by atomic mass is 19.1. The van der Waals surface area contributed by atoms with Crippen LogP contribution in [0.1, 0.15) is 58.1 Å². The number of ether oxygens (including phenoxy) is 1. The predicted octanol–water partition coefficient (Wildman–Crippen LogP) is 4.44. The molecule has 0 aromatic heterocycles. The lowest BCUT2D eigenvalue weighted by molar-refractivity contribution is 0.230. The fourth-order valence-electron chi connectivity index (χ4n) is 2.12. The molecule has 0 amide bonds. The second-order valence-corrected chi connectivity index (χ2v) is 5.20. The Labute approximate surface area is 116 Å². The van der Waals surface area contributed by atoms with Crippen LogP contribution in [0.15, 0.2) is 18.2 Å². The van der Waals surface area contributed by atoms with Crippen LogP contribution in [0.4, 0.5) is 4.39 Å². The molecule has 1 rings (SSSR count). The van der Waals surface area contributed by atoms with Crippen molar-refractivity contribution < 1.29 is 9.13 Å². The summed E-state index contributed by atoms with van der Waals surface area (Å²) in [5.41, 5.74) is 6.75. The number of unbranched alkanes of at least 4 members (excludes halogenated alkanes) is 1. The zero-order valence-corrected chi connectivity index (χ0v) is 12.3. The molecule has 3 heteroatoms. The lowest BCUT2D eigenvalue weighted by atomic mass is 10.0. The SMILES string of the molecule is CCCCC(CC)COc1cc(F)ccc1[C@@H](C)N. The van der Waals surface area contributed by atoms with Crippen LogP contribution < -0.4 is 10.5 Å². The molecule has 0 heterocycles. The Bertz CT molecular complexity index is 379. The second kappa shape index (κ2) is 8.16. The Morgan fingerprint density at radius 3 is 2.63 bits per heavy atom. The molecular weight excluding hydrogens is 241 g/mol. The number of rotatable bonds is 8. The summed E-state index contributed by atoms with van der Waals surface area (Å²) in [7, 11) is 0. The minimum atomic E-state index is -0.277. The fraction of sp³-hybridized carbons (Fsp3) is 0.625. The van der Waals surface area contributed by atoms with Crippen LogP contribution >= 0.6 is 0 Å². The molecule has 19 heavy (non-hydrogen) atoms. The van der Waals surface area contributed by atoms with E-state index in [4.69, 9.17) is 10.5 Å². The van der Waals surface area contributed by atoms with Gasteiger partial charge in [-0.1, -0.05) is 39.2 Å². The lowest BCUT2D eigenvalue weighted by Gasteiger charge is -2.18. The van der Waals surface area contributed by atoms with Gasteiger partial charge in [-0.2, -0.15) is 0 Å². The molecule has 1 unspecified atom stereocenters. The van der Waals surface area contributed by atoms with Gasteiger partial charge in [0, 0.05) is 17.7 Å². The van der Waals surface area contributed by atoms with Gasteiger partial charge in [-0.3, -0.25) is 0 Å². The summed E-state index contributed by atoms with van der Waals surface area (Å²) in [6, 6.07) is 4.43. The minimum absolute atomic E-state index is 0.147. The number of hydrogen-bond donors (Lipinski definition) is 1. The molecule has 0 aliphatic heterocycles. The first-order valence-electron chi connectivity index (χ1n) is 7.26. The van der Waals surface area contributed by atoms with Crippen molar-refractivity contribution in [2.24, 2.45) is 11.7 Å². The molecule has 0 saturated heterocycles. The Hall–Kier alpha value is -1.09. The fourth-order valence-corrected chi connectivity index (χ4v) is 2.12. The molecule has 0 radical (unpaired) electrons. The van der Waals surface area contributed by atoms with E-state index in [-0.39, 0.29) is 11.9 Å². The highest BCUT2D eigenvalue weighted by Gasteiger charge is 2.12. The van der Waals surface area contributed by atoms with E-state index in [0.29, 0.717) is 18.3 Å². The van der Waals surface area contributed by atoms with Crippen molar-refractivity contribution in [2.45, 2.75) is 52.5 Å². The minimum Gasteiger partial charge on any atom is -0.493 e. The van der Waals surface area contributed by atoms with Gasteiger partial charge in [0.15, 0.2) is 0 Å². The maximum absolute atomic E-state index is 13.3. The zero-order chi connectivity index (χ0) is 14.3. The molecule has 0 bridgehead atoms. The quantitative estimate of drug-likeness (QED) is 0.755. The third-order valence-corrected chi connectivity index (χ3v) is 3.48. The number of nitrogens with two attached hydrogens (primary N) is 1. The Morgan fingerprint density at radius 2 is 2.05 bits per heavy atom. The molecule has 2 atom stereocenters. The first-order chi connectivity index (χ1) is 9.08. The predicted molar refractivity (Wildman–Crippen MR) is 77.8 cm³/mol. The van der Waals surface area contributed by atoms with E-state index in [1.54, 1.807) is 6.07 Å². The van der Waals surface area contributed by atoms with Crippen LogP contribution in [0.3, 0.4) is 0 Å². The monoisotopic (exact) mass is 267 g/mol. The average molecular weight is 267 g/mol. The van der Waals surface area contributed by atoms with E-state index in [1.165, 1.54) is 25.0 Å². The molecular formula is C16H26FNO. The van der Waals surface area contributed by atoms with E-state index in [2.05, 4.69) is 13.8 Å². The summed E-state index contributed by atoms with van der Waals surface area (Å²) < 4.78 is 19.1. The summed E-state index contributed by atoms with van der Waals surface area (Å²) in [6.45, 7) is 6.88. The molecule has 0 aliphatic rings. The Morgan fingerprint density at radius 1 is 1.32 bits per heavy atom. The molecule has 0 saturated carbocycles. The van der Waals surface area contributed by atoms with Crippen LogP contribution in [0.2, 0.25) is 0 Å². The third kappa shape index (κ3) is 5.19. The first-order valence-corrected chi connectivity index (χ1v) is 7.26. The van der Waals surface area contributed by atoms with E-state index in [0.717, 1.165) is 18.4 Å². The zero-order valence-electron chi connectivity index (χ0n) is 12.3. The van der Waals surface area contributed by atoms with Gasteiger partial charge in [0.2, 0.25) is 0 Å². The van der Waals surface area contributed by atoms with Gasteiger partial charge in [-0.05, 0) is 25.3 Å². The van der Waals surface area contributed by atoms with E-state index < -0.39 is 0 Å². The van der Waals surface area contributed by atoms with Crippen LogP contribution in [-0.4, -0.2) is 6.61 Å². The van der Waals surface area contributed by atoms with Crippen molar-refractivity contribution >= 4 is 0 Å².